The zero-order valence-electron chi connectivity index (χ0n) is 10.4. The summed E-state index contributed by atoms with van der Waals surface area (Å²) in [6, 6.07) is 10.3. The number of hydrogen-bond donors (Lipinski definition) is 2. The standard InChI is InChI=1S/C13H20N2O.ClH/c1-15(2)13(8-9-14-10-12(13)16)11-6-4-3-5-7-11;/h3-7,12,14,16H,8-10H2,1-2H3;1H/t12-,13+;/m1./s1. The highest BCUT2D eigenvalue weighted by atomic mass is 35.5. The predicted octanol–water partition coefficient (Wildman–Crippen LogP) is 1.22. The maximum Gasteiger partial charge on any atom is 0.0889 e. The van der Waals surface area contributed by atoms with Crippen molar-refractivity contribution in [1.29, 1.82) is 0 Å². The minimum atomic E-state index is -0.362. The fourth-order valence-electron chi connectivity index (χ4n) is 2.70. The second kappa shape index (κ2) is 5.83. The van der Waals surface area contributed by atoms with Crippen LogP contribution in [-0.2, 0) is 5.54 Å². The van der Waals surface area contributed by atoms with Gasteiger partial charge < -0.3 is 10.4 Å². The van der Waals surface area contributed by atoms with E-state index in [1.807, 2.05) is 32.3 Å². The van der Waals surface area contributed by atoms with Crippen LogP contribution in [-0.4, -0.2) is 43.3 Å². The van der Waals surface area contributed by atoms with Crippen LogP contribution in [0.2, 0.25) is 0 Å². The lowest BCUT2D eigenvalue weighted by molar-refractivity contribution is -0.0321. The molecule has 1 saturated heterocycles. The van der Waals surface area contributed by atoms with Crippen molar-refractivity contribution in [3.05, 3.63) is 35.9 Å². The van der Waals surface area contributed by atoms with Gasteiger partial charge in [-0.25, -0.2) is 0 Å². The van der Waals surface area contributed by atoms with Crippen molar-refractivity contribution in [2.75, 3.05) is 27.2 Å². The highest BCUT2D eigenvalue weighted by Crippen LogP contribution is 2.35. The van der Waals surface area contributed by atoms with Crippen LogP contribution < -0.4 is 5.32 Å². The number of likely N-dealkylation sites (N-methyl/N-ethyl adjacent to an activating group) is 1. The molecular weight excluding hydrogens is 236 g/mol. The molecule has 2 rings (SSSR count). The van der Waals surface area contributed by atoms with Gasteiger partial charge >= 0.3 is 0 Å². The van der Waals surface area contributed by atoms with Gasteiger partial charge in [-0.2, -0.15) is 0 Å². The number of benzene rings is 1. The molecule has 1 heterocycles. The van der Waals surface area contributed by atoms with Gasteiger partial charge in [-0.05, 0) is 32.6 Å². The molecule has 0 radical (unpaired) electrons. The number of rotatable bonds is 2. The molecular formula is C13H21ClN2O. The summed E-state index contributed by atoms with van der Waals surface area (Å²) in [5, 5.41) is 13.6. The number of nitrogens with one attached hydrogen (secondary N) is 1. The number of nitrogens with zero attached hydrogens (tertiary/aromatic N) is 1. The third-order valence-corrected chi connectivity index (χ3v) is 3.64. The molecule has 0 bridgehead atoms. The molecule has 1 aliphatic heterocycles. The summed E-state index contributed by atoms with van der Waals surface area (Å²) in [6.07, 6.45) is 0.573. The Hall–Kier alpha value is -0.610. The fourth-order valence-corrected chi connectivity index (χ4v) is 2.70. The topological polar surface area (TPSA) is 35.5 Å². The van der Waals surface area contributed by atoms with Gasteiger partial charge in [0.2, 0.25) is 0 Å². The van der Waals surface area contributed by atoms with Crippen molar-refractivity contribution >= 4 is 12.4 Å². The predicted molar refractivity (Wildman–Crippen MR) is 72.5 cm³/mol. The monoisotopic (exact) mass is 256 g/mol. The Kier molecular flexibility index (Phi) is 4.95. The molecule has 1 aromatic rings. The Morgan fingerprint density at radius 2 is 1.94 bits per heavy atom. The quantitative estimate of drug-likeness (QED) is 0.835. The molecule has 1 fully saturated rings. The summed E-state index contributed by atoms with van der Waals surface area (Å²) in [5.41, 5.74) is 0.959. The molecule has 3 nitrogen and oxygen atoms in total. The summed E-state index contributed by atoms with van der Waals surface area (Å²) in [5.74, 6) is 0. The van der Waals surface area contributed by atoms with E-state index in [-0.39, 0.29) is 24.0 Å². The number of β-amino-alcohol motifs (C(OH)–C–C–N with tert-alkyl or cyclic N) is 1. The maximum atomic E-state index is 10.3. The van der Waals surface area contributed by atoms with E-state index < -0.39 is 0 Å². The van der Waals surface area contributed by atoms with Crippen LogP contribution in [0.1, 0.15) is 12.0 Å². The lowest BCUT2D eigenvalue weighted by Crippen LogP contribution is -2.59. The average Bonchev–Trinajstić information content (AvgIpc) is 2.30. The molecule has 2 atom stereocenters. The summed E-state index contributed by atoms with van der Waals surface area (Å²) >= 11 is 0. The van der Waals surface area contributed by atoms with Crippen molar-refractivity contribution in [2.24, 2.45) is 0 Å². The zero-order valence-corrected chi connectivity index (χ0v) is 11.2. The van der Waals surface area contributed by atoms with Crippen LogP contribution in [0, 0.1) is 0 Å². The van der Waals surface area contributed by atoms with E-state index in [1.165, 1.54) is 5.56 Å². The van der Waals surface area contributed by atoms with Gasteiger partial charge in [0.15, 0.2) is 0 Å². The van der Waals surface area contributed by atoms with Crippen LogP contribution in [0.5, 0.6) is 0 Å². The first-order valence-corrected chi connectivity index (χ1v) is 5.79. The Morgan fingerprint density at radius 3 is 2.47 bits per heavy atom. The van der Waals surface area contributed by atoms with E-state index in [0.29, 0.717) is 6.54 Å². The van der Waals surface area contributed by atoms with Crippen molar-refractivity contribution in [1.82, 2.24) is 10.2 Å². The first-order valence-electron chi connectivity index (χ1n) is 5.79. The Balaban J connectivity index is 0.00000144. The van der Waals surface area contributed by atoms with E-state index in [0.717, 1.165) is 13.0 Å². The van der Waals surface area contributed by atoms with E-state index >= 15 is 0 Å². The van der Waals surface area contributed by atoms with Crippen LogP contribution >= 0.6 is 12.4 Å². The molecule has 0 amide bonds. The van der Waals surface area contributed by atoms with Gasteiger partial charge in [-0.3, -0.25) is 4.90 Å². The molecule has 2 N–H and O–H groups in total. The van der Waals surface area contributed by atoms with E-state index in [4.69, 9.17) is 0 Å². The van der Waals surface area contributed by atoms with Gasteiger partial charge in [0.05, 0.1) is 11.6 Å². The van der Waals surface area contributed by atoms with Gasteiger partial charge in [-0.1, -0.05) is 30.3 Å². The van der Waals surface area contributed by atoms with Crippen molar-refractivity contribution in [3.8, 4) is 0 Å². The Morgan fingerprint density at radius 1 is 1.29 bits per heavy atom. The van der Waals surface area contributed by atoms with Crippen LogP contribution in [0.25, 0.3) is 0 Å². The zero-order chi connectivity index (χ0) is 11.6. The molecule has 1 aromatic carbocycles. The lowest BCUT2D eigenvalue weighted by atomic mass is 9.78. The lowest BCUT2D eigenvalue weighted by Gasteiger charge is -2.47. The van der Waals surface area contributed by atoms with E-state index in [2.05, 4.69) is 22.3 Å². The minimum Gasteiger partial charge on any atom is -0.389 e. The van der Waals surface area contributed by atoms with Crippen LogP contribution in [0.4, 0.5) is 0 Å². The molecule has 4 heteroatoms. The van der Waals surface area contributed by atoms with E-state index in [9.17, 15) is 5.11 Å². The van der Waals surface area contributed by atoms with Crippen molar-refractivity contribution < 1.29 is 5.11 Å². The molecule has 96 valence electrons. The summed E-state index contributed by atoms with van der Waals surface area (Å²) in [6.45, 7) is 1.61. The Bertz CT molecular complexity index is 345. The molecule has 0 unspecified atom stereocenters. The molecule has 0 aromatic heterocycles. The second-order valence-corrected chi connectivity index (χ2v) is 4.65. The van der Waals surface area contributed by atoms with Gasteiger partial charge in [0.1, 0.15) is 0 Å². The highest BCUT2D eigenvalue weighted by molar-refractivity contribution is 5.85. The summed E-state index contributed by atoms with van der Waals surface area (Å²) in [7, 11) is 4.09. The largest absolute Gasteiger partial charge is 0.389 e. The summed E-state index contributed by atoms with van der Waals surface area (Å²) in [4.78, 5) is 2.15. The summed E-state index contributed by atoms with van der Waals surface area (Å²) < 4.78 is 0. The first-order chi connectivity index (χ1) is 7.68. The highest BCUT2D eigenvalue weighted by Gasteiger charge is 2.43. The van der Waals surface area contributed by atoms with Gasteiger partial charge in [-0.15, -0.1) is 12.4 Å². The number of aliphatic hydroxyl groups is 1. The minimum absolute atomic E-state index is 0. The SMILES string of the molecule is CN(C)[C@]1(c2ccccc2)CCNC[C@H]1O.Cl. The number of piperidine rings is 1. The molecule has 17 heavy (non-hydrogen) atoms. The van der Waals surface area contributed by atoms with Crippen molar-refractivity contribution in [3.63, 3.8) is 0 Å². The number of hydrogen-bond acceptors (Lipinski definition) is 3. The fraction of sp³-hybridized carbons (Fsp3) is 0.538. The van der Waals surface area contributed by atoms with Crippen molar-refractivity contribution in [2.45, 2.75) is 18.1 Å². The molecule has 0 aliphatic carbocycles. The number of halogens is 1. The molecule has 1 aliphatic rings. The average molecular weight is 257 g/mol. The maximum absolute atomic E-state index is 10.3. The third kappa shape index (κ3) is 2.47. The Labute approximate surface area is 109 Å². The third-order valence-electron chi connectivity index (χ3n) is 3.64. The van der Waals surface area contributed by atoms with Crippen LogP contribution in [0.15, 0.2) is 30.3 Å². The van der Waals surface area contributed by atoms with Crippen LogP contribution in [0.3, 0.4) is 0 Å². The second-order valence-electron chi connectivity index (χ2n) is 4.65. The van der Waals surface area contributed by atoms with Gasteiger partial charge in [0, 0.05) is 6.54 Å². The smallest absolute Gasteiger partial charge is 0.0889 e. The normalized spacial score (nSPS) is 28.8. The van der Waals surface area contributed by atoms with Gasteiger partial charge in [0.25, 0.3) is 0 Å². The molecule has 0 spiro atoms. The first kappa shape index (κ1) is 14.5. The number of aliphatic hydroxyl groups excluding tert-OH is 1. The van der Waals surface area contributed by atoms with E-state index in [1.54, 1.807) is 0 Å². The molecule has 0 saturated carbocycles.